The van der Waals surface area contributed by atoms with Crippen LogP contribution in [0.25, 0.3) is 0 Å². The van der Waals surface area contributed by atoms with Crippen LogP contribution >= 0.6 is 0 Å². The monoisotopic (exact) mass is 338 g/mol. The van der Waals surface area contributed by atoms with Crippen LogP contribution in [0.5, 0.6) is 0 Å². The Balaban J connectivity index is 1.51. The van der Waals surface area contributed by atoms with Gasteiger partial charge < -0.3 is 21.3 Å². The Morgan fingerprint density at radius 1 is 0.760 bits per heavy atom. The summed E-state index contributed by atoms with van der Waals surface area (Å²) in [6, 6.07) is 16.0. The van der Waals surface area contributed by atoms with Crippen molar-refractivity contribution in [1.29, 1.82) is 0 Å². The van der Waals surface area contributed by atoms with Gasteiger partial charge in [-0.05, 0) is 62.3 Å². The first kappa shape index (κ1) is 17.0. The van der Waals surface area contributed by atoms with Gasteiger partial charge in [0.25, 0.3) is 0 Å². The van der Waals surface area contributed by atoms with E-state index in [1.807, 2.05) is 30.3 Å². The van der Waals surface area contributed by atoms with Crippen molar-refractivity contribution in [1.82, 2.24) is 5.32 Å². The van der Waals surface area contributed by atoms with Crippen molar-refractivity contribution in [2.24, 2.45) is 5.92 Å². The molecule has 2 aromatic carbocycles. The summed E-state index contributed by atoms with van der Waals surface area (Å²) in [6.07, 6.45) is 1.73. The number of hydrogen-bond donors (Lipinski definition) is 4. The van der Waals surface area contributed by atoms with Crippen molar-refractivity contribution >= 4 is 29.0 Å². The fraction of sp³-hybridized carbons (Fsp3) is 0.263. The zero-order valence-corrected chi connectivity index (χ0v) is 13.9. The zero-order valence-electron chi connectivity index (χ0n) is 13.9. The summed E-state index contributed by atoms with van der Waals surface area (Å²) in [6.45, 7) is 1.77. The van der Waals surface area contributed by atoms with E-state index in [-0.39, 0.29) is 17.9 Å². The van der Waals surface area contributed by atoms with Gasteiger partial charge in [-0.2, -0.15) is 0 Å². The predicted molar refractivity (Wildman–Crippen MR) is 99.7 cm³/mol. The molecule has 6 heteroatoms. The fourth-order valence-electron chi connectivity index (χ4n) is 2.78. The van der Waals surface area contributed by atoms with E-state index < -0.39 is 0 Å². The van der Waals surface area contributed by atoms with Crippen LogP contribution in [0.4, 0.5) is 21.9 Å². The van der Waals surface area contributed by atoms with E-state index in [0.717, 1.165) is 37.3 Å². The molecule has 6 nitrogen and oxygen atoms in total. The van der Waals surface area contributed by atoms with Gasteiger partial charge in [-0.25, -0.2) is 4.79 Å². The Labute approximate surface area is 147 Å². The fourth-order valence-corrected chi connectivity index (χ4v) is 2.78. The molecule has 2 aromatic rings. The molecular formula is C19H22N4O2. The summed E-state index contributed by atoms with van der Waals surface area (Å²) in [7, 11) is 0. The number of carbonyl (C=O) groups is 2. The zero-order chi connectivity index (χ0) is 17.5. The average Bonchev–Trinajstić information content (AvgIpc) is 2.65. The van der Waals surface area contributed by atoms with Crippen molar-refractivity contribution in [3.63, 3.8) is 0 Å². The molecule has 0 spiro atoms. The SMILES string of the molecule is O=C(Nc1ccccc1)Nc1ccc(NC(=O)C2CCNCC2)cc1. The van der Waals surface area contributed by atoms with Crippen LogP contribution in [0.3, 0.4) is 0 Å². The number of rotatable bonds is 4. The summed E-state index contributed by atoms with van der Waals surface area (Å²) in [5, 5.41) is 11.7. The van der Waals surface area contributed by atoms with Crippen LogP contribution in [0.15, 0.2) is 54.6 Å². The number of anilines is 3. The number of urea groups is 1. The highest BCUT2D eigenvalue weighted by atomic mass is 16.2. The Kier molecular flexibility index (Phi) is 5.64. The third-order valence-corrected chi connectivity index (χ3v) is 4.15. The van der Waals surface area contributed by atoms with Gasteiger partial charge in [0.05, 0.1) is 0 Å². The molecule has 0 radical (unpaired) electrons. The molecule has 1 heterocycles. The number of nitrogens with one attached hydrogen (secondary N) is 4. The van der Waals surface area contributed by atoms with Crippen LogP contribution in [-0.2, 0) is 4.79 Å². The molecule has 0 saturated carbocycles. The maximum absolute atomic E-state index is 12.2. The summed E-state index contributed by atoms with van der Waals surface area (Å²) >= 11 is 0. The van der Waals surface area contributed by atoms with E-state index in [1.54, 1.807) is 24.3 Å². The van der Waals surface area contributed by atoms with Gasteiger partial charge in [0.2, 0.25) is 5.91 Å². The van der Waals surface area contributed by atoms with Crippen molar-refractivity contribution in [3.8, 4) is 0 Å². The third kappa shape index (κ3) is 5.06. The quantitative estimate of drug-likeness (QED) is 0.690. The maximum Gasteiger partial charge on any atom is 0.323 e. The summed E-state index contributed by atoms with van der Waals surface area (Å²) in [4.78, 5) is 24.2. The van der Waals surface area contributed by atoms with Crippen LogP contribution in [-0.4, -0.2) is 25.0 Å². The molecule has 3 rings (SSSR count). The van der Waals surface area contributed by atoms with E-state index in [9.17, 15) is 9.59 Å². The van der Waals surface area contributed by atoms with Crippen LogP contribution in [0.1, 0.15) is 12.8 Å². The van der Waals surface area contributed by atoms with Gasteiger partial charge in [-0.15, -0.1) is 0 Å². The maximum atomic E-state index is 12.2. The Bertz CT molecular complexity index is 710. The molecule has 1 aliphatic heterocycles. The first-order valence-corrected chi connectivity index (χ1v) is 8.45. The molecule has 0 aliphatic carbocycles. The molecule has 3 amide bonds. The molecule has 0 unspecified atom stereocenters. The summed E-state index contributed by atoms with van der Waals surface area (Å²) < 4.78 is 0. The second-order valence-corrected chi connectivity index (χ2v) is 6.04. The van der Waals surface area contributed by atoms with Crippen molar-refractivity contribution < 1.29 is 9.59 Å². The molecule has 0 bridgehead atoms. The number of benzene rings is 2. The highest BCUT2D eigenvalue weighted by Crippen LogP contribution is 2.18. The van der Waals surface area contributed by atoms with Gasteiger partial charge in [-0.1, -0.05) is 18.2 Å². The number of para-hydroxylation sites is 1. The lowest BCUT2D eigenvalue weighted by Crippen LogP contribution is -2.34. The molecule has 1 fully saturated rings. The van der Waals surface area contributed by atoms with Gasteiger partial charge in [-0.3, -0.25) is 4.79 Å². The standard InChI is InChI=1S/C19H22N4O2/c24-18(14-10-12-20-13-11-14)21-16-6-8-17(9-7-16)23-19(25)22-15-4-2-1-3-5-15/h1-9,14,20H,10-13H2,(H,21,24)(H2,22,23,25). The minimum absolute atomic E-state index is 0.0593. The number of carbonyl (C=O) groups excluding carboxylic acids is 2. The molecule has 0 atom stereocenters. The topological polar surface area (TPSA) is 82.3 Å². The van der Waals surface area contributed by atoms with E-state index in [4.69, 9.17) is 0 Å². The highest BCUT2D eigenvalue weighted by Gasteiger charge is 2.20. The number of amides is 3. The van der Waals surface area contributed by atoms with E-state index in [1.165, 1.54) is 0 Å². The predicted octanol–water partition coefficient (Wildman–Crippen LogP) is 3.27. The van der Waals surface area contributed by atoms with Gasteiger partial charge in [0.1, 0.15) is 0 Å². The van der Waals surface area contributed by atoms with Gasteiger partial charge in [0.15, 0.2) is 0 Å². The lowest BCUT2D eigenvalue weighted by Gasteiger charge is -2.21. The van der Waals surface area contributed by atoms with Crippen molar-refractivity contribution in [2.75, 3.05) is 29.0 Å². The average molecular weight is 338 g/mol. The molecule has 1 aliphatic rings. The largest absolute Gasteiger partial charge is 0.326 e. The second kappa shape index (κ2) is 8.30. The molecule has 1 saturated heterocycles. The number of hydrogen-bond acceptors (Lipinski definition) is 3. The summed E-state index contributed by atoms with van der Waals surface area (Å²) in [5.74, 6) is 0.125. The lowest BCUT2D eigenvalue weighted by atomic mass is 9.97. The van der Waals surface area contributed by atoms with Crippen molar-refractivity contribution in [3.05, 3.63) is 54.6 Å². The van der Waals surface area contributed by atoms with E-state index in [0.29, 0.717) is 5.69 Å². The Hall–Kier alpha value is -2.86. The normalized spacial score (nSPS) is 14.6. The van der Waals surface area contributed by atoms with Crippen LogP contribution < -0.4 is 21.3 Å². The summed E-state index contributed by atoms with van der Waals surface area (Å²) in [5.41, 5.74) is 2.12. The first-order chi connectivity index (χ1) is 12.2. The minimum atomic E-state index is -0.308. The van der Waals surface area contributed by atoms with Gasteiger partial charge >= 0.3 is 6.03 Å². The lowest BCUT2D eigenvalue weighted by molar-refractivity contribution is -0.120. The van der Waals surface area contributed by atoms with E-state index >= 15 is 0 Å². The minimum Gasteiger partial charge on any atom is -0.326 e. The van der Waals surface area contributed by atoms with Crippen LogP contribution in [0, 0.1) is 5.92 Å². The number of piperidine rings is 1. The molecular weight excluding hydrogens is 316 g/mol. The second-order valence-electron chi connectivity index (χ2n) is 6.04. The highest BCUT2D eigenvalue weighted by molar-refractivity contribution is 6.00. The molecule has 130 valence electrons. The Morgan fingerprint density at radius 2 is 1.28 bits per heavy atom. The Morgan fingerprint density at radius 3 is 1.88 bits per heavy atom. The smallest absolute Gasteiger partial charge is 0.323 e. The van der Waals surface area contributed by atoms with Crippen molar-refractivity contribution in [2.45, 2.75) is 12.8 Å². The van der Waals surface area contributed by atoms with Crippen LogP contribution in [0.2, 0.25) is 0 Å². The van der Waals surface area contributed by atoms with Gasteiger partial charge in [0, 0.05) is 23.0 Å². The molecule has 4 N–H and O–H groups in total. The van der Waals surface area contributed by atoms with E-state index in [2.05, 4.69) is 21.3 Å². The first-order valence-electron chi connectivity index (χ1n) is 8.45. The third-order valence-electron chi connectivity index (χ3n) is 4.15. The molecule has 25 heavy (non-hydrogen) atoms. The molecule has 0 aromatic heterocycles.